The van der Waals surface area contributed by atoms with Crippen molar-refractivity contribution in [2.45, 2.75) is 57.3 Å². The fourth-order valence-electron chi connectivity index (χ4n) is 1.89. The summed E-state index contributed by atoms with van der Waals surface area (Å²) in [5, 5.41) is 21.3. The molecule has 0 aromatic rings. The molecule has 2 atom stereocenters. The maximum Gasteiger partial charge on any atom is 0.407 e. The van der Waals surface area contributed by atoms with Crippen molar-refractivity contribution >= 4 is 12.1 Å². The van der Waals surface area contributed by atoms with Crippen LogP contribution in [-0.4, -0.2) is 39.5 Å². The molecule has 17 heavy (non-hydrogen) atoms. The summed E-state index contributed by atoms with van der Waals surface area (Å²) in [7, 11) is 0. The molecule has 1 aliphatic rings. The summed E-state index contributed by atoms with van der Waals surface area (Å²) in [6, 6.07) is -0.796. The predicted molar refractivity (Wildman–Crippen MR) is 59.6 cm³/mol. The van der Waals surface area contributed by atoms with Crippen molar-refractivity contribution in [3.63, 3.8) is 0 Å². The number of ether oxygens (including phenoxy) is 1. The van der Waals surface area contributed by atoms with Gasteiger partial charge in [-0.2, -0.15) is 0 Å². The first kappa shape index (κ1) is 13.8. The summed E-state index contributed by atoms with van der Waals surface area (Å²) in [6.45, 7) is 5.14. The molecule has 3 N–H and O–H groups in total. The van der Waals surface area contributed by atoms with E-state index in [1.54, 1.807) is 20.8 Å². The summed E-state index contributed by atoms with van der Waals surface area (Å²) < 4.78 is 5.02. The highest BCUT2D eigenvalue weighted by Gasteiger charge is 2.48. The van der Waals surface area contributed by atoms with Gasteiger partial charge in [-0.15, -0.1) is 0 Å². The van der Waals surface area contributed by atoms with E-state index in [9.17, 15) is 14.7 Å². The third-order valence-electron chi connectivity index (χ3n) is 2.69. The molecule has 1 aliphatic carbocycles. The number of carbonyl (C=O) groups excluding carboxylic acids is 1. The third-order valence-corrected chi connectivity index (χ3v) is 2.69. The van der Waals surface area contributed by atoms with E-state index in [0.717, 1.165) is 0 Å². The van der Waals surface area contributed by atoms with Gasteiger partial charge < -0.3 is 20.3 Å². The molecule has 2 unspecified atom stereocenters. The fraction of sp³-hybridized carbons (Fsp3) is 0.818. The summed E-state index contributed by atoms with van der Waals surface area (Å²) >= 11 is 0. The van der Waals surface area contributed by atoms with Crippen molar-refractivity contribution in [2.24, 2.45) is 0 Å². The number of amides is 1. The van der Waals surface area contributed by atoms with Crippen LogP contribution in [0.25, 0.3) is 0 Å². The van der Waals surface area contributed by atoms with E-state index < -0.39 is 29.3 Å². The summed E-state index contributed by atoms with van der Waals surface area (Å²) in [5.74, 6) is -1.31. The molecular weight excluding hydrogens is 226 g/mol. The number of aliphatic hydroxyl groups is 1. The second-order valence-corrected chi connectivity index (χ2v) is 5.32. The first-order valence-corrected chi connectivity index (χ1v) is 5.60. The second-order valence-electron chi connectivity index (χ2n) is 5.32. The number of nitrogens with one attached hydrogen (secondary N) is 1. The largest absolute Gasteiger partial charge is 0.479 e. The van der Waals surface area contributed by atoms with Gasteiger partial charge >= 0.3 is 12.1 Å². The van der Waals surface area contributed by atoms with Gasteiger partial charge in [0, 0.05) is 0 Å². The zero-order chi connectivity index (χ0) is 13.3. The van der Waals surface area contributed by atoms with Crippen molar-refractivity contribution in [1.82, 2.24) is 5.32 Å². The topological polar surface area (TPSA) is 95.9 Å². The summed E-state index contributed by atoms with van der Waals surface area (Å²) in [4.78, 5) is 22.4. The molecule has 0 radical (unpaired) electrons. The van der Waals surface area contributed by atoms with Gasteiger partial charge in [0.2, 0.25) is 0 Å². The lowest BCUT2D eigenvalue weighted by molar-refractivity contribution is -0.159. The van der Waals surface area contributed by atoms with Crippen molar-refractivity contribution in [1.29, 1.82) is 0 Å². The van der Waals surface area contributed by atoms with Crippen LogP contribution < -0.4 is 5.32 Å². The molecule has 0 spiro atoms. The SMILES string of the molecule is CC(C)(C)OC(=O)NC1CCCC1(O)C(=O)O. The van der Waals surface area contributed by atoms with Gasteiger partial charge in [0.1, 0.15) is 5.60 Å². The smallest absolute Gasteiger partial charge is 0.407 e. The van der Waals surface area contributed by atoms with E-state index in [1.807, 2.05) is 0 Å². The number of carboxylic acids is 1. The Bertz CT molecular complexity index is 322. The van der Waals surface area contributed by atoms with Crippen LogP contribution >= 0.6 is 0 Å². The number of hydrogen-bond donors (Lipinski definition) is 3. The van der Waals surface area contributed by atoms with E-state index in [4.69, 9.17) is 9.84 Å². The highest BCUT2D eigenvalue weighted by atomic mass is 16.6. The van der Waals surface area contributed by atoms with E-state index in [0.29, 0.717) is 12.8 Å². The van der Waals surface area contributed by atoms with Crippen LogP contribution in [0.1, 0.15) is 40.0 Å². The highest BCUT2D eigenvalue weighted by molar-refractivity contribution is 5.80. The van der Waals surface area contributed by atoms with Crippen molar-refractivity contribution in [2.75, 3.05) is 0 Å². The minimum absolute atomic E-state index is 0.142. The lowest BCUT2D eigenvalue weighted by Crippen LogP contribution is -2.54. The summed E-state index contributed by atoms with van der Waals surface area (Å²) in [6.07, 6.45) is 0.428. The molecule has 1 rings (SSSR count). The van der Waals surface area contributed by atoms with Crippen LogP contribution in [-0.2, 0) is 9.53 Å². The molecule has 0 saturated heterocycles. The zero-order valence-electron chi connectivity index (χ0n) is 10.3. The van der Waals surface area contributed by atoms with Crippen LogP contribution in [0.3, 0.4) is 0 Å². The average Bonchev–Trinajstić information content (AvgIpc) is 2.45. The number of alkyl carbamates (subject to hydrolysis) is 1. The molecule has 1 amide bonds. The Kier molecular flexibility index (Phi) is 3.66. The maximum atomic E-state index is 11.5. The van der Waals surface area contributed by atoms with E-state index in [1.165, 1.54) is 0 Å². The Morgan fingerprint density at radius 1 is 1.41 bits per heavy atom. The molecule has 6 nitrogen and oxygen atoms in total. The second kappa shape index (κ2) is 4.52. The van der Waals surface area contributed by atoms with Gasteiger partial charge in [0.05, 0.1) is 6.04 Å². The Balaban J connectivity index is 2.63. The number of rotatable bonds is 2. The van der Waals surface area contributed by atoms with Crippen LogP contribution in [0.2, 0.25) is 0 Å². The quantitative estimate of drug-likeness (QED) is 0.671. The van der Waals surface area contributed by atoms with Gasteiger partial charge in [-0.3, -0.25) is 0 Å². The molecule has 0 aliphatic heterocycles. The Morgan fingerprint density at radius 3 is 2.47 bits per heavy atom. The Hall–Kier alpha value is -1.30. The number of carbonyl (C=O) groups is 2. The predicted octanol–water partition coefficient (Wildman–Crippen LogP) is 0.879. The number of carboxylic acid groups (broad SMARTS) is 1. The van der Waals surface area contributed by atoms with E-state index >= 15 is 0 Å². The van der Waals surface area contributed by atoms with Crippen molar-refractivity contribution in [3.05, 3.63) is 0 Å². The van der Waals surface area contributed by atoms with Gasteiger partial charge in [0.25, 0.3) is 0 Å². The molecule has 6 heteroatoms. The first-order valence-electron chi connectivity index (χ1n) is 5.60. The Labute approximate surface area is 100.0 Å². The minimum Gasteiger partial charge on any atom is -0.479 e. The van der Waals surface area contributed by atoms with E-state index in [2.05, 4.69) is 5.32 Å². The molecule has 0 aromatic heterocycles. The average molecular weight is 245 g/mol. The molecule has 0 aromatic carbocycles. The summed E-state index contributed by atoms with van der Waals surface area (Å²) in [5.41, 5.74) is -2.53. The number of aliphatic carboxylic acids is 1. The van der Waals surface area contributed by atoms with Crippen LogP contribution in [0, 0.1) is 0 Å². The molecular formula is C11H19NO5. The van der Waals surface area contributed by atoms with E-state index in [-0.39, 0.29) is 6.42 Å². The standard InChI is InChI=1S/C11H19NO5/c1-10(2,3)17-9(15)12-7-5-4-6-11(7,16)8(13)14/h7,16H,4-6H2,1-3H3,(H,12,15)(H,13,14). The van der Waals surface area contributed by atoms with Gasteiger partial charge in [-0.05, 0) is 40.0 Å². The molecule has 98 valence electrons. The zero-order valence-corrected chi connectivity index (χ0v) is 10.3. The highest BCUT2D eigenvalue weighted by Crippen LogP contribution is 2.30. The molecule has 1 fully saturated rings. The van der Waals surface area contributed by atoms with Gasteiger partial charge in [0.15, 0.2) is 5.60 Å². The van der Waals surface area contributed by atoms with Crippen LogP contribution in [0.15, 0.2) is 0 Å². The molecule has 1 saturated carbocycles. The number of hydrogen-bond acceptors (Lipinski definition) is 4. The molecule has 0 bridgehead atoms. The van der Waals surface area contributed by atoms with Gasteiger partial charge in [-0.1, -0.05) is 0 Å². The maximum absolute atomic E-state index is 11.5. The van der Waals surface area contributed by atoms with Crippen LogP contribution in [0.4, 0.5) is 4.79 Å². The van der Waals surface area contributed by atoms with Gasteiger partial charge in [-0.25, -0.2) is 9.59 Å². The van der Waals surface area contributed by atoms with Crippen LogP contribution in [0.5, 0.6) is 0 Å². The minimum atomic E-state index is -1.88. The lowest BCUT2D eigenvalue weighted by atomic mass is 9.98. The van der Waals surface area contributed by atoms with Crippen molar-refractivity contribution in [3.8, 4) is 0 Å². The van der Waals surface area contributed by atoms with Crippen molar-refractivity contribution < 1.29 is 24.5 Å². The molecule has 0 heterocycles. The third kappa shape index (κ3) is 3.33. The first-order chi connectivity index (χ1) is 7.65. The lowest BCUT2D eigenvalue weighted by Gasteiger charge is -2.28. The Morgan fingerprint density at radius 2 is 2.00 bits per heavy atom. The fourth-order valence-corrected chi connectivity index (χ4v) is 1.89. The normalized spacial score (nSPS) is 28.8. The monoisotopic (exact) mass is 245 g/mol.